The Kier molecular flexibility index (Phi) is 11.4. The van der Waals surface area contributed by atoms with E-state index in [1.807, 2.05) is 31.2 Å². The van der Waals surface area contributed by atoms with E-state index < -0.39 is 6.04 Å². The van der Waals surface area contributed by atoms with E-state index in [1.165, 1.54) is 4.90 Å². The van der Waals surface area contributed by atoms with Gasteiger partial charge in [0.1, 0.15) is 6.04 Å². The first kappa shape index (κ1) is 24.9. The third kappa shape index (κ3) is 7.21. The minimum absolute atomic E-state index is 0. The van der Waals surface area contributed by atoms with E-state index in [0.717, 1.165) is 17.8 Å². The first-order valence-corrected chi connectivity index (χ1v) is 8.35. The molecule has 0 spiro atoms. The Bertz CT molecular complexity index is 710. The van der Waals surface area contributed by atoms with Crippen LogP contribution in [0.15, 0.2) is 42.7 Å². The number of carbonyl (C=O) groups excluding carboxylic acids is 2. The molecule has 2 aromatic rings. The summed E-state index contributed by atoms with van der Waals surface area (Å²) < 4.78 is 1.57. The van der Waals surface area contributed by atoms with Crippen molar-refractivity contribution in [2.45, 2.75) is 26.4 Å². The Labute approximate surface area is 172 Å². The van der Waals surface area contributed by atoms with Crippen LogP contribution in [0.2, 0.25) is 0 Å². The molecule has 0 fully saturated rings. The molecular formula is C18H27Cl2N5O2. The van der Waals surface area contributed by atoms with Crippen molar-refractivity contribution >= 4 is 42.3 Å². The Hall–Kier alpha value is -2.09. The molecule has 0 aliphatic rings. The van der Waals surface area contributed by atoms with E-state index >= 15 is 0 Å². The number of hydrogen-bond acceptors (Lipinski definition) is 4. The summed E-state index contributed by atoms with van der Waals surface area (Å²) in [5, 5.41) is 10.2. The maximum Gasteiger partial charge on any atom is 0.247 e. The summed E-state index contributed by atoms with van der Waals surface area (Å²) in [6.07, 6.45) is 3.35. The molecule has 1 atom stereocenters. The fraction of sp³-hybridized carbons (Fsp3) is 0.389. The van der Waals surface area contributed by atoms with E-state index in [4.69, 9.17) is 0 Å². The Morgan fingerprint density at radius 2 is 1.93 bits per heavy atom. The monoisotopic (exact) mass is 415 g/mol. The van der Waals surface area contributed by atoms with Crippen molar-refractivity contribution in [1.82, 2.24) is 20.0 Å². The van der Waals surface area contributed by atoms with Crippen LogP contribution in [0.3, 0.4) is 0 Å². The molecule has 1 aromatic carbocycles. The first-order chi connectivity index (χ1) is 12.0. The molecule has 1 heterocycles. The molecule has 0 saturated carbocycles. The smallest absolute Gasteiger partial charge is 0.247 e. The standard InChI is InChI=1S/C18H25N5O2.2ClH/c1-4-19-12-15-8-5-6-9-16(15)21-17(24)13-22(3)18(25)14(2)23-11-7-10-20-23;;/h5-11,14,19H,4,12-13H2,1-3H3,(H,21,24);2*1H. The Morgan fingerprint density at radius 1 is 1.22 bits per heavy atom. The van der Waals surface area contributed by atoms with Gasteiger partial charge >= 0.3 is 0 Å². The van der Waals surface area contributed by atoms with Gasteiger partial charge in [-0.2, -0.15) is 5.10 Å². The van der Waals surface area contributed by atoms with E-state index in [0.29, 0.717) is 6.54 Å². The average molecular weight is 416 g/mol. The molecule has 9 heteroatoms. The normalized spacial score (nSPS) is 10.9. The highest BCUT2D eigenvalue weighted by Gasteiger charge is 2.21. The van der Waals surface area contributed by atoms with Crippen molar-refractivity contribution in [3.63, 3.8) is 0 Å². The molecule has 27 heavy (non-hydrogen) atoms. The number of halogens is 2. The van der Waals surface area contributed by atoms with E-state index in [9.17, 15) is 9.59 Å². The number of amides is 2. The molecule has 2 amide bonds. The predicted octanol–water partition coefficient (Wildman–Crippen LogP) is 2.49. The molecule has 0 aliphatic carbocycles. The van der Waals surface area contributed by atoms with Gasteiger partial charge in [-0.15, -0.1) is 24.8 Å². The van der Waals surface area contributed by atoms with Gasteiger partial charge in [0.2, 0.25) is 11.8 Å². The van der Waals surface area contributed by atoms with Crippen molar-refractivity contribution in [2.24, 2.45) is 0 Å². The van der Waals surface area contributed by atoms with Gasteiger partial charge in [-0.25, -0.2) is 0 Å². The summed E-state index contributed by atoms with van der Waals surface area (Å²) in [6, 6.07) is 8.95. The zero-order chi connectivity index (χ0) is 18.2. The SMILES string of the molecule is CCNCc1ccccc1NC(=O)CN(C)C(=O)C(C)n1cccn1.Cl.Cl. The van der Waals surface area contributed by atoms with Crippen molar-refractivity contribution < 1.29 is 9.59 Å². The van der Waals surface area contributed by atoms with Gasteiger partial charge in [0.25, 0.3) is 0 Å². The second kappa shape index (κ2) is 12.3. The van der Waals surface area contributed by atoms with Crippen LogP contribution in [0.25, 0.3) is 0 Å². The van der Waals surface area contributed by atoms with Crippen LogP contribution in [0, 0.1) is 0 Å². The minimum atomic E-state index is -0.450. The highest BCUT2D eigenvalue weighted by molar-refractivity contribution is 5.95. The van der Waals surface area contributed by atoms with Crippen molar-refractivity contribution in [3.05, 3.63) is 48.3 Å². The molecule has 0 saturated heterocycles. The molecule has 2 N–H and O–H groups in total. The molecule has 7 nitrogen and oxygen atoms in total. The largest absolute Gasteiger partial charge is 0.335 e. The number of carbonyl (C=O) groups is 2. The highest BCUT2D eigenvalue weighted by atomic mass is 35.5. The number of para-hydroxylation sites is 1. The summed E-state index contributed by atoms with van der Waals surface area (Å²) in [7, 11) is 1.62. The van der Waals surface area contributed by atoms with Crippen molar-refractivity contribution in [3.8, 4) is 0 Å². The van der Waals surface area contributed by atoms with Crippen LogP contribution in [0.4, 0.5) is 5.69 Å². The van der Waals surface area contributed by atoms with Gasteiger partial charge in [-0.3, -0.25) is 14.3 Å². The molecule has 150 valence electrons. The summed E-state index contributed by atoms with van der Waals surface area (Å²) in [5.74, 6) is -0.396. The first-order valence-electron chi connectivity index (χ1n) is 8.35. The van der Waals surface area contributed by atoms with Crippen molar-refractivity contribution in [2.75, 3.05) is 25.5 Å². The number of rotatable bonds is 8. The molecule has 2 rings (SSSR count). The van der Waals surface area contributed by atoms with Crippen LogP contribution >= 0.6 is 24.8 Å². The van der Waals surface area contributed by atoms with Gasteiger partial charge < -0.3 is 15.5 Å². The molecule has 1 unspecified atom stereocenters. The second-order valence-corrected chi connectivity index (χ2v) is 5.84. The molecular weight excluding hydrogens is 389 g/mol. The van der Waals surface area contributed by atoms with Crippen LogP contribution in [-0.2, 0) is 16.1 Å². The van der Waals surface area contributed by atoms with Gasteiger partial charge in [0.15, 0.2) is 0 Å². The topological polar surface area (TPSA) is 79.3 Å². The lowest BCUT2D eigenvalue weighted by atomic mass is 10.1. The van der Waals surface area contributed by atoms with Crippen LogP contribution < -0.4 is 10.6 Å². The summed E-state index contributed by atoms with van der Waals surface area (Å²) >= 11 is 0. The number of benzene rings is 1. The maximum atomic E-state index is 12.4. The molecule has 0 radical (unpaired) electrons. The molecule has 0 bridgehead atoms. The zero-order valence-corrected chi connectivity index (χ0v) is 17.3. The third-order valence-electron chi connectivity index (χ3n) is 3.89. The van der Waals surface area contributed by atoms with Gasteiger partial charge in [-0.1, -0.05) is 25.1 Å². The number of hydrogen-bond donors (Lipinski definition) is 2. The van der Waals surface area contributed by atoms with Gasteiger partial charge in [0.05, 0.1) is 6.54 Å². The summed E-state index contributed by atoms with van der Waals surface area (Å²) in [5.41, 5.74) is 1.77. The van der Waals surface area contributed by atoms with Crippen molar-refractivity contribution in [1.29, 1.82) is 0 Å². The number of nitrogens with one attached hydrogen (secondary N) is 2. The molecule has 1 aromatic heterocycles. The number of anilines is 1. The zero-order valence-electron chi connectivity index (χ0n) is 15.7. The fourth-order valence-corrected chi connectivity index (χ4v) is 2.48. The van der Waals surface area contributed by atoms with E-state index in [1.54, 1.807) is 37.1 Å². The van der Waals surface area contributed by atoms with E-state index in [2.05, 4.69) is 15.7 Å². The third-order valence-corrected chi connectivity index (χ3v) is 3.89. The lowest BCUT2D eigenvalue weighted by molar-refractivity contribution is -0.136. The highest BCUT2D eigenvalue weighted by Crippen LogP contribution is 2.15. The van der Waals surface area contributed by atoms with Crippen LogP contribution in [0.5, 0.6) is 0 Å². The fourth-order valence-electron chi connectivity index (χ4n) is 2.48. The lowest BCUT2D eigenvalue weighted by Crippen LogP contribution is -2.38. The second-order valence-electron chi connectivity index (χ2n) is 5.84. The van der Waals surface area contributed by atoms with Gasteiger partial charge in [0, 0.05) is 31.7 Å². The number of aromatic nitrogens is 2. The number of nitrogens with zero attached hydrogens (tertiary/aromatic N) is 3. The Balaban J connectivity index is 0.00000338. The maximum absolute atomic E-state index is 12.4. The lowest BCUT2D eigenvalue weighted by Gasteiger charge is -2.21. The van der Waals surface area contributed by atoms with Gasteiger partial charge in [-0.05, 0) is 31.2 Å². The van der Waals surface area contributed by atoms with Crippen LogP contribution in [0.1, 0.15) is 25.5 Å². The summed E-state index contributed by atoms with van der Waals surface area (Å²) in [6.45, 7) is 5.31. The number of likely N-dealkylation sites (N-methyl/N-ethyl adjacent to an activating group) is 1. The quantitative estimate of drug-likeness (QED) is 0.693. The average Bonchev–Trinajstić information content (AvgIpc) is 3.14. The minimum Gasteiger partial charge on any atom is -0.335 e. The van der Waals surface area contributed by atoms with E-state index in [-0.39, 0.29) is 43.2 Å². The molecule has 0 aliphatic heterocycles. The summed E-state index contributed by atoms with van der Waals surface area (Å²) in [4.78, 5) is 26.1. The van der Waals surface area contributed by atoms with Crippen LogP contribution in [-0.4, -0.2) is 46.6 Å². The Morgan fingerprint density at radius 3 is 2.56 bits per heavy atom. The predicted molar refractivity (Wildman–Crippen MR) is 112 cm³/mol.